The van der Waals surface area contributed by atoms with Gasteiger partial charge in [-0.1, -0.05) is 51.3 Å². The summed E-state index contributed by atoms with van der Waals surface area (Å²) in [5.41, 5.74) is 2.68. The smallest absolute Gasteiger partial charge is 0.254 e. The summed E-state index contributed by atoms with van der Waals surface area (Å²) in [6, 6.07) is 9.96. The van der Waals surface area contributed by atoms with E-state index in [1.54, 1.807) is 6.20 Å². The van der Waals surface area contributed by atoms with Crippen molar-refractivity contribution in [1.82, 2.24) is 15.1 Å². The third-order valence-corrected chi connectivity index (χ3v) is 3.67. The minimum atomic E-state index is -0.0123. The van der Waals surface area contributed by atoms with E-state index >= 15 is 0 Å². The number of carbonyl (C=O) groups excluding carboxylic acids is 1. The van der Waals surface area contributed by atoms with Crippen LogP contribution in [0.2, 0.25) is 0 Å². The Morgan fingerprint density at radius 3 is 2.59 bits per heavy atom. The number of aromatic nitrogens is 2. The average molecular weight is 299 g/mol. The van der Waals surface area contributed by atoms with Crippen molar-refractivity contribution in [2.45, 2.75) is 46.0 Å². The second-order valence-corrected chi connectivity index (χ2v) is 5.47. The molecule has 0 radical (unpaired) electrons. The Hall–Kier alpha value is -2.10. The number of rotatable bonds is 8. The minimum Gasteiger partial charge on any atom is -0.352 e. The van der Waals surface area contributed by atoms with Gasteiger partial charge >= 0.3 is 0 Å². The molecule has 1 heterocycles. The van der Waals surface area contributed by atoms with Gasteiger partial charge in [0.1, 0.15) is 0 Å². The lowest BCUT2D eigenvalue weighted by Crippen LogP contribution is -2.25. The molecule has 0 fully saturated rings. The number of benzene rings is 1. The molecule has 0 atom stereocenters. The molecule has 0 saturated heterocycles. The maximum Gasteiger partial charge on any atom is 0.254 e. The molecule has 1 amide bonds. The summed E-state index contributed by atoms with van der Waals surface area (Å²) in [5, 5.41) is 7.43. The van der Waals surface area contributed by atoms with E-state index in [1.165, 1.54) is 0 Å². The van der Waals surface area contributed by atoms with Gasteiger partial charge in [-0.25, -0.2) is 4.68 Å². The van der Waals surface area contributed by atoms with Crippen LogP contribution in [0.25, 0.3) is 5.69 Å². The average Bonchev–Trinajstić information content (AvgIpc) is 2.96. The van der Waals surface area contributed by atoms with Crippen molar-refractivity contribution in [2.75, 3.05) is 6.54 Å². The topological polar surface area (TPSA) is 46.9 Å². The van der Waals surface area contributed by atoms with Gasteiger partial charge in [-0.05, 0) is 25.0 Å². The second kappa shape index (κ2) is 8.37. The van der Waals surface area contributed by atoms with Gasteiger partial charge in [-0.15, -0.1) is 0 Å². The van der Waals surface area contributed by atoms with E-state index in [-0.39, 0.29) is 5.91 Å². The van der Waals surface area contributed by atoms with Crippen LogP contribution in [0.4, 0.5) is 0 Å². The Bertz CT molecular complexity index is 590. The molecule has 0 saturated carbocycles. The molecule has 1 aromatic heterocycles. The number of amides is 1. The van der Waals surface area contributed by atoms with Crippen LogP contribution >= 0.6 is 0 Å². The van der Waals surface area contributed by atoms with Crippen molar-refractivity contribution in [3.8, 4) is 5.69 Å². The summed E-state index contributed by atoms with van der Waals surface area (Å²) in [5.74, 6) is -0.0123. The first-order valence-corrected chi connectivity index (χ1v) is 8.18. The van der Waals surface area contributed by atoms with Crippen LogP contribution in [-0.4, -0.2) is 22.2 Å². The molecule has 22 heavy (non-hydrogen) atoms. The molecule has 0 unspecified atom stereocenters. The standard InChI is InChI=1S/C18H25N3O/c1-3-5-9-13-19-18(22)16-14-20-21(17(16)10-4-2)15-11-7-6-8-12-15/h6-8,11-12,14H,3-5,9-10,13H2,1-2H3,(H,19,22). The Labute approximate surface area is 132 Å². The number of hydrogen-bond donors (Lipinski definition) is 1. The predicted octanol–water partition coefficient (Wildman–Crippen LogP) is 3.74. The van der Waals surface area contributed by atoms with E-state index in [9.17, 15) is 4.79 Å². The fraction of sp³-hybridized carbons (Fsp3) is 0.444. The molecule has 1 N–H and O–H groups in total. The minimum absolute atomic E-state index is 0.0123. The maximum absolute atomic E-state index is 12.4. The zero-order valence-electron chi connectivity index (χ0n) is 13.5. The molecule has 2 aromatic rings. The van der Waals surface area contributed by atoms with E-state index in [0.717, 1.165) is 50.0 Å². The largest absolute Gasteiger partial charge is 0.352 e. The normalized spacial score (nSPS) is 10.6. The van der Waals surface area contributed by atoms with Crippen molar-refractivity contribution in [3.63, 3.8) is 0 Å². The van der Waals surface area contributed by atoms with Crippen molar-refractivity contribution >= 4 is 5.91 Å². The van der Waals surface area contributed by atoms with Crippen LogP contribution in [0.15, 0.2) is 36.5 Å². The number of hydrogen-bond acceptors (Lipinski definition) is 2. The van der Waals surface area contributed by atoms with Gasteiger partial charge < -0.3 is 5.32 Å². The molecule has 0 aliphatic heterocycles. The maximum atomic E-state index is 12.4. The molecule has 0 aliphatic rings. The lowest BCUT2D eigenvalue weighted by atomic mass is 10.1. The van der Waals surface area contributed by atoms with Gasteiger partial charge in [0.15, 0.2) is 0 Å². The number of unbranched alkanes of at least 4 members (excludes halogenated alkanes) is 2. The molecular formula is C18H25N3O. The van der Waals surface area contributed by atoms with Crippen molar-refractivity contribution in [2.24, 2.45) is 0 Å². The van der Waals surface area contributed by atoms with E-state index < -0.39 is 0 Å². The highest BCUT2D eigenvalue weighted by Gasteiger charge is 2.17. The number of para-hydroxylation sites is 1. The first kappa shape index (κ1) is 16.3. The first-order valence-electron chi connectivity index (χ1n) is 8.18. The fourth-order valence-corrected chi connectivity index (χ4v) is 2.50. The van der Waals surface area contributed by atoms with Crippen LogP contribution in [-0.2, 0) is 6.42 Å². The molecule has 0 bridgehead atoms. The third-order valence-electron chi connectivity index (χ3n) is 3.67. The molecule has 2 rings (SSSR count). The zero-order chi connectivity index (χ0) is 15.8. The summed E-state index contributed by atoms with van der Waals surface area (Å²) >= 11 is 0. The molecular weight excluding hydrogens is 274 g/mol. The van der Waals surface area contributed by atoms with E-state index in [1.807, 2.05) is 35.0 Å². The number of carbonyl (C=O) groups is 1. The highest BCUT2D eigenvalue weighted by molar-refractivity contribution is 5.95. The lowest BCUT2D eigenvalue weighted by molar-refractivity contribution is 0.0952. The Morgan fingerprint density at radius 2 is 1.91 bits per heavy atom. The van der Waals surface area contributed by atoms with Crippen molar-refractivity contribution in [1.29, 1.82) is 0 Å². The molecule has 0 aliphatic carbocycles. The Morgan fingerprint density at radius 1 is 1.14 bits per heavy atom. The highest BCUT2D eigenvalue weighted by Crippen LogP contribution is 2.16. The summed E-state index contributed by atoms with van der Waals surface area (Å²) in [6.45, 7) is 5.01. The Kier molecular flexibility index (Phi) is 6.19. The zero-order valence-corrected chi connectivity index (χ0v) is 13.5. The van der Waals surface area contributed by atoms with Gasteiger partial charge in [-0.3, -0.25) is 4.79 Å². The molecule has 4 nitrogen and oxygen atoms in total. The van der Waals surface area contributed by atoms with Gasteiger partial charge in [0.05, 0.1) is 23.1 Å². The van der Waals surface area contributed by atoms with Crippen LogP contribution < -0.4 is 5.32 Å². The van der Waals surface area contributed by atoms with E-state index in [2.05, 4.69) is 24.3 Å². The number of nitrogens with one attached hydrogen (secondary N) is 1. The summed E-state index contributed by atoms with van der Waals surface area (Å²) in [7, 11) is 0. The SMILES string of the molecule is CCCCCNC(=O)c1cnn(-c2ccccc2)c1CCC. The van der Waals surface area contributed by atoms with Gasteiger partial charge in [0.25, 0.3) is 5.91 Å². The lowest BCUT2D eigenvalue weighted by Gasteiger charge is -2.09. The van der Waals surface area contributed by atoms with Crippen LogP contribution in [0.1, 0.15) is 55.6 Å². The molecule has 118 valence electrons. The first-order chi connectivity index (χ1) is 10.8. The van der Waals surface area contributed by atoms with Crippen molar-refractivity contribution < 1.29 is 4.79 Å². The third kappa shape index (κ3) is 3.97. The van der Waals surface area contributed by atoms with Gasteiger partial charge in [0, 0.05) is 6.54 Å². The van der Waals surface area contributed by atoms with Crippen LogP contribution in [0, 0.1) is 0 Å². The summed E-state index contributed by atoms with van der Waals surface area (Å²) in [6.07, 6.45) is 6.83. The Balaban J connectivity index is 2.18. The summed E-state index contributed by atoms with van der Waals surface area (Å²) < 4.78 is 1.88. The van der Waals surface area contributed by atoms with Crippen LogP contribution in [0.5, 0.6) is 0 Å². The quantitative estimate of drug-likeness (QED) is 0.755. The van der Waals surface area contributed by atoms with Gasteiger partial charge in [-0.2, -0.15) is 5.10 Å². The van der Waals surface area contributed by atoms with Crippen LogP contribution in [0.3, 0.4) is 0 Å². The van der Waals surface area contributed by atoms with Crippen molar-refractivity contribution in [3.05, 3.63) is 47.8 Å². The van der Waals surface area contributed by atoms with Gasteiger partial charge in [0.2, 0.25) is 0 Å². The monoisotopic (exact) mass is 299 g/mol. The van der Waals surface area contributed by atoms with E-state index in [0.29, 0.717) is 5.56 Å². The fourth-order valence-electron chi connectivity index (χ4n) is 2.50. The molecule has 4 heteroatoms. The van der Waals surface area contributed by atoms with E-state index in [4.69, 9.17) is 0 Å². The molecule has 0 spiro atoms. The second-order valence-electron chi connectivity index (χ2n) is 5.47. The predicted molar refractivity (Wildman–Crippen MR) is 89.4 cm³/mol. The summed E-state index contributed by atoms with van der Waals surface area (Å²) in [4.78, 5) is 12.4. The molecule has 1 aromatic carbocycles. The number of nitrogens with zero attached hydrogens (tertiary/aromatic N) is 2. The highest BCUT2D eigenvalue weighted by atomic mass is 16.1.